The van der Waals surface area contributed by atoms with Gasteiger partial charge in [-0.05, 0) is 60.1 Å². The van der Waals surface area contributed by atoms with Gasteiger partial charge in [0, 0.05) is 5.56 Å². The second kappa shape index (κ2) is 5.80. The molecular formula is C18H13F5. The summed E-state index contributed by atoms with van der Waals surface area (Å²) in [4.78, 5) is 0. The van der Waals surface area contributed by atoms with Crippen LogP contribution in [0, 0.1) is 29.1 Å². The molecule has 2 aromatic carbocycles. The van der Waals surface area contributed by atoms with Gasteiger partial charge in [0.25, 0.3) is 0 Å². The van der Waals surface area contributed by atoms with Gasteiger partial charge in [0.1, 0.15) is 11.6 Å². The third kappa shape index (κ3) is 2.64. The van der Waals surface area contributed by atoms with Gasteiger partial charge in [-0.1, -0.05) is 12.7 Å². The maximum absolute atomic E-state index is 14.2. The number of hydrogen-bond donors (Lipinski definition) is 0. The fourth-order valence-electron chi connectivity index (χ4n) is 3.18. The Morgan fingerprint density at radius 2 is 1.57 bits per heavy atom. The molecule has 0 bridgehead atoms. The summed E-state index contributed by atoms with van der Waals surface area (Å²) in [5.41, 5.74) is 0.554. The van der Waals surface area contributed by atoms with Crippen LogP contribution in [0.15, 0.2) is 24.8 Å². The van der Waals surface area contributed by atoms with Gasteiger partial charge in [-0.3, -0.25) is 0 Å². The lowest BCUT2D eigenvalue weighted by Gasteiger charge is -2.26. The van der Waals surface area contributed by atoms with Crippen molar-refractivity contribution in [3.8, 4) is 0 Å². The summed E-state index contributed by atoms with van der Waals surface area (Å²) in [7, 11) is 0. The van der Waals surface area contributed by atoms with E-state index in [1.807, 2.05) is 0 Å². The predicted octanol–water partition coefficient (Wildman–Crippen LogP) is 5.30. The second-order valence-corrected chi connectivity index (χ2v) is 5.67. The van der Waals surface area contributed by atoms with Gasteiger partial charge in [0.2, 0.25) is 0 Å². The van der Waals surface area contributed by atoms with Crippen LogP contribution in [0.5, 0.6) is 0 Å². The van der Waals surface area contributed by atoms with Gasteiger partial charge in [-0.2, -0.15) is 0 Å². The third-order valence-electron chi connectivity index (χ3n) is 4.31. The Hall–Kier alpha value is -2.17. The highest BCUT2D eigenvalue weighted by Gasteiger charge is 2.29. The fraction of sp³-hybridized carbons (Fsp3) is 0.222. The van der Waals surface area contributed by atoms with Crippen molar-refractivity contribution in [3.63, 3.8) is 0 Å². The van der Waals surface area contributed by atoms with Gasteiger partial charge in [-0.15, -0.1) is 0 Å². The standard InChI is InChI=1S/C18H13F5/c1-2-9-5-13(19)16(14(20)6-9)10-3-4-12-11(7-10)8-15(21)18(23)17(12)22/h2,5-6,8,10H,1,3-4,7H2. The highest BCUT2D eigenvalue weighted by molar-refractivity contribution is 5.49. The Balaban J connectivity index is 2.02. The van der Waals surface area contributed by atoms with E-state index >= 15 is 0 Å². The van der Waals surface area contributed by atoms with E-state index in [4.69, 9.17) is 0 Å². The molecule has 0 saturated heterocycles. The maximum Gasteiger partial charge on any atom is 0.194 e. The van der Waals surface area contributed by atoms with Gasteiger partial charge in [0.05, 0.1) is 0 Å². The minimum atomic E-state index is -1.50. The Labute approximate surface area is 130 Å². The molecule has 0 aliphatic heterocycles. The van der Waals surface area contributed by atoms with Crippen LogP contribution in [0.25, 0.3) is 6.08 Å². The first-order chi connectivity index (χ1) is 10.9. The number of fused-ring (bicyclic) bond motifs is 1. The lowest BCUT2D eigenvalue weighted by Crippen LogP contribution is -2.18. The number of halogens is 5. The largest absolute Gasteiger partial charge is 0.207 e. The lowest BCUT2D eigenvalue weighted by atomic mass is 9.79. The van der Waals surface area contributed by atoms with E-state index in [-0.39, 0.29) is 36.0 Å². The summed E-state index contributed by atoms with van der Waals surface area (Å²) in [6.45, 7) is 3.46. The molecule has 0 N–H and O–H groups in total. The van der Waals surface area contributed by atoms with E-state index < -0.39 is 35.0 Å². The van der Waals surface area contributed by atoms with Crippen molar-refractivity contribution in [2.24, 2.45) is 0 Å². The Morgan fingerprint density at radius 1 is 0.913 bits per heavy atom. The average Bonchev–Trinajstić information content (AvgIpc) is 2.51. The van der Waals surface area contributed by atoms with Crippen molar-refractivity contribution in [1.29, 1.82) is 0 Å². The molecule has 5 heteroatoms. The van der Waals surface area contributed by atoms with Crippen LogP contribution in [0.2, 0.25) is 0 Å². The van der Waals surface area contributed by atoms with Crippen molar-refractivity contribution >= 4 is 6.08 Å². The van der Waals surface area contributed by atoms with Gasteiger partial charge in [0.15, 0.2) is 17.5 Å². The van der Waals surface area contributed by atoms with E-state index in [0.29, 0.717) is 5.56 Å². The van der Waals surface area contributed by atoms with E-state index in [1.165, 1.54) is 18.2 Å². The summed E-state index contributed by atoms with van der Waals surface area (Å²) in [6.07, 6.45) is 1.76. The third-order valence-corrected chi connectivity index (χ3v) is 4.31. The maximum atomic E-state index is 14.2. The average molecular weight is 324 g/mol. The van der Waals surface area contributed by atoms with Gasteiger partial charge >= 0.3 is 0 Å². The molecule has 1 aliphatic rings. The molecule has 2 aromatic rings. The minimum Gasteiger partial charge on any atom is -0.207 e. The lowest BCUT2D eigenvalue weighted by molar-refractivity contribution is 0.424. The second-order valence-electron chi connectivity index (χ2n) is 5.67. The molecule has 0 spiro atoms. The summed E-state index contributed by atoms with van der Waals surface area (Å²) in [6, 6.07) is 3.26. The molecule has 0 aromatic heterocycles. The molecule has 0 radical (unpaired) electrons. The van der Waals surface area contributed by atoms with Crippen molar-refractivity contribution < 1.29 is 22.0 Å². The molecule has 1 atom stereocenters. The zero-order valence-electron chi connectivity index (χ0n) is 12.1. The highest BCUT2D eigenvalue weighted by atomic mass is 19.2. The Kier molecular flexibility index (Phi) is 3.96. The monoisotopic (exact) mass is 324 g/mol. The van der Waals surface area contributed by atoms with Crippen LogP contribution in [0.3, 0.4) is 0 Å². The first kappa shape index (κ1) is 15.7. The van der Waals surface area contributed by atoms with E-state index in [9.17, 15) is 22.0 Å². The van der Waals surface area contributed by atoms with Gasteiger partial charge < -0.3 is 0 Å². The molecule has 0 heterocycles. The zero-order chi connectivity index (χ0) is 16.7. The molecule has 3 rings (SSSR count). The summed E-state index contributed by atoms with van der Waals surface area (Å²) in [5.74, 6) is -5.97. The van der Waals surface area contributed by atoms with Crippen molar-refractivity contribution in [2.75, 3.05) is 0 Å². The molecule has 0 amide bonds. The van der Waals surface area contributed by atoms with Gasteiger partial charge in [-0.25, -0.2) is 22.0 Å². The molecular weight excluding hydrogens is 311 g/mol. The van der Waals surface area contributed by atoms with E-state index in [2.05, 4.69) is 6.58 Å². The first-order valence-electron chi connectivity index (χ1n) is 7.19. The van der Waals surface area contributed by atoms with E-state index in [0.717, 1.165) is 6.07 Å². The van der Waals surface area contributed by atoms with Crippen molar-refractivity contribution in [2.45, 2.75) is 25.2 Å². The molecule has 0 saturated carbocycles. The summed E-state index contributed by atoms with van der Waals surface area (Å²) < 4.78 is 68.8. The molecule has 0 nitrogen and oxygen atoms in total. The van der Waals surface area contributed by atoms with Crippen LogP contribution in [0.4, 0.5) is 22.0 Å². The van der Waals surface area contributed by atoms with E-state index in [1.54, 1.807) is 0 Å². The number of hydrogen-bond acceptors (Lipinski definition) is 0. The number of rotatable bonds is 2. The fourth-order valence-corrected chi connectivity index (χ4v) is 3.18. The predicted molar refractivity (Wildman–Crippen MR) is 77.5 cm³/mol. The van der Waals surface area contributed by atoms with Crippen LogP contribution < -0.4 is 0 Å². The minimum absolute atomic E-state index is 0.0602. The van der Waals surface area contributed by atoms with Crippen LogP contribution >= 0.6 is 0 Å². The quantitative estimate of drug-likeness (QED) is 0.519. The van der Waals surface area contributed by atoms with Crippen LogP contribution in [-0.4, -0.2) is 0 Å². The highest BCUT2D eigenvalue weighted by Crippen LogP contribution is 2.37. The first-order valence-corrected chi connectivity index (χ1v) is 7.19. The molecule has 0 fully saturated rings. The normalized spacial score (nSPS) is 17.0. The Morgan fingerprint density at radius 3 is 2.17 bits per heavy atom. The van der Waals surface area contributed by atoms with Crippen LogP contribution in [-0.2, 0) is 12.8 Å². The zero-order valence-corrected chi connectivity index (χ0v) is 12.1. The summed E-state index contributed by atoms with van der Waals surface area (Å²) in [5, 5.41) is 0. The molecule has 23 heavy (non-hydrogen) atoms. The summed E-state index contributed by atoms with van der Waals surface area (Å²) >= 11 is 0. The van der Waals surface area contributed by atoms with Crippen molar-refractivity contribution in [3.05, 3.63) is 76.1 Å². The molecule has 120 valence electrons. The van der Waals surface area contributed by atoms with Crippen molar-refractivity contribution in [1.82, 2.24) is 0 Å². The Bertz CT molecular complexity index is 771. The van der Waals surface area contributed by atoms with Crippen LogP contribution in [0.1, 0.15) is 34.6 Å². The smallest absolute Gasteiger partial charge is 0.194 e. The SMILES string of the molecule is C=Cc1cc(F)c(C2CCc3c(cc(F)c(F)c3F)C2)c(F)c1. The topological polar surface area (TPSA) is 0 Å². The molecule has 1 unspecified atom stereocenters. The number of benzene rings is 2. The molecule has 1 aliphatic carbocycles.